The molecule has 1 aliphatic carbocycles. The van der Waals surface area contributed by atoms with Gasteiger partial charge in [0.05, 0.1) is 29.4 Å². The van der Waals surface area contributed by atoms with Gasteiger partial charge in [-0.05, 0) is 56.5 Å². The summed E-state index contributed by atoms with van der Waals surface area (Å²) in [6, 6.07) is 7.27. The molecule has 3 aromatic carbocycles. The average molecular weight is 601 g/mol. The van der Waals surface area contributed by atoms with E-state index in [2.05, 4.69) is 6.92 Å². The number of unbranched alkanes of at least 4 members (excludes halogenated alkanes) is 3. The first-order chi connectivity index (χ1) is 21.0. The molecule has 4 atom stereocenters. The summed E-state index contributed by atoms with van der Waals surface area (Å²) in [6.07, 6.45) is 7.14. The number of aliphatic hydroxyl groups is 1. The molecule has 0 spiro atoms. The molecule has 2 aliphatic rings. The number of allylic oxidation sites excluding steroid dienone is 3. The Hall–Kier alpha value is -4.47. The summed E-state index contributed by atoms with van der Waals surface area (Å²) in [4.78, 5) is 39.6. The lowest BCUT2D eigenvalue weighted by atomic mass is 9.79. The zero-order valence-corrected chi connectivity index (χ0v) is 24.9. The van der Waals surface area contributed by atoms with E-state index in [1.54, 1.807) is 32.1 Å². The molecule has 230 valence electrons. The molecule has 4 N–H and O–H groups in total. The Morgan fingerprint density at radius 2 is 1.70 bits per heavy atom. The molecule has 1 aliphatic heterocycles. The van der Waals surface area contributed by atoms with E-state index in [9.17, 15) is 34.8 Å². The molecule has 5 rings (SSSR count). The summed E-state index contributed by atoms with van der Waals surface area (Å²) in [6.45, 7) is 5.49. The van der Waals surface area contributed by atoms with Gasteiger partial charge in [0, 0.05) is 40.0 Å². The van der Waals surface area contributed by atoms with E-state index in [4.69, 9.17) is 9.47 Å². The number of hydrogen-bond acceptors (Lipinski definition) is 9. The normalized spacial score (nSPS) is 21.6. The molecule has 0 bridgehead atoms. The third-order valence-corrected chi connectivity index (χ3v) is 8.23. The molecule has 9 heteroatoms. The number of phenols is 3. The van der Waals surface area contributed by atoms with Gasteiger partial charge in [0.15, 0.2) is 17.7 Å². The number of esters is 1. The van der Waals surface area contributed by atoms with Crippen LogP contribution in [0, 0.1) is 6.92 Å². The third kappa shape index (κ3) is 5.73. The van der Waals surface area contributed by atoms with E-state index in [0.29, 0.717) is 5.56 Å². The summed E-state index contributed by atoms with van der Waals surface area (Å²) in [5, 5.41) is 44.1. The van der Waals surface area contributed by atoms with E-state index in [0.717, 1.165) is 25.7 Å². The van der Waals surface area contributed by atoms with E-state index >= 15 is 0 Å². The molecule has 0 saturated carbocycles. The van der Waals surface area contributed by atoms with Gasteiger partial charge in [-0.3, -0.25) is 9.59 Å². The number of hydrogen-bond donors (Lipinski definition) is 4. The Bertz CT molecular complexity index is 1690. The first-order valence-corrected chi connectivity index (χ1v) is 14.8. The lowest BCUT2D eigenvalue weighted by molar-refractivity contribution is -0.190. The molecule has 0 radical (unpaired) electrons. The number of ketones is 2. The highest BCUT2D eigenvalue weighted by atomic mass is 16.6. The summed E-state index contributed by atoms with van der Waals surface area (Å²) < 4.78 is 11.5. The van der Waals surface area contributed by atoms with Crippen molar-refractivity contribution in [2.45, 2.75) is 77.3 Å². The van der Waals surface area contributed by atoms with Crippen LogP contribution in [0.3, 0.4) is 0 Å². The van der Waals surface area contributed by atoms with Crippen molar-refractivity contribution >= 4 is 28.3 Å². The number of fused-ring (bicyclic) bond motifs is 3. The van der Waals surface area contributed by atoms with Gasteiger partial charge in [-0.15, -0.1) is 0 Å². The molecular formula is C35H36O9. The maximum absolute atomic E-state index is 13.7. The fourth-order valence-corrected chi connectivity index (χ4v) is 6.00. The maximum Gasteiger partial charge on any atom is 0.331 e. The van der Waals surface area contributed by atoms with Crippen LogP contribution in [0.15, 0.2) is 54.6 Å². The number of phenolic OH excluding ortho intramolecular Hbond substituents is 3. The second kappa shape index (κ2) is 12.6. The second-order valence-corrected chi connectivity index (χ2v) is 11.4. The largest absolute Gasteiger partial charge is 0.507 e. The lowest BCUT2D eigenvalue weighted by Gasteiger charge is -2.38. The van der Waals surface area contributed by atoms with Crippen LogP contribution in [-0.2, 0) is 14.3 Å². The van der Waals surface area contributed by atoms with Gasteiger partial charge in [-0.1, -0.05) is 44.1 Å². The number of carbonyl (C=O) groups excluding carboxylic acids is 3. The Kier molecular flexibility index (Phi) is 8.90. The van der Waals surface area contributed by atoms with E-state index in [1.807, 2.05) is 6.08 Å². The average Bonchev–Trinajstić information content (AvgIpc) is 2.97. The number of benzene rings is 3. The summed E-state index contributed by atoms with van der Waals surface area (Å²) in [7, 11) is 0. The highest BCUT2D eigenvalue weighted by Gasteiger charge is 2.42. The molecule has 4 unspecified atom stereocenters. The minimum absolute atomic E-state index is 0.0486. The van der Waals surface area contributed by atoms with Crippen molar-refractivity contribution in [1.29, 1.82) is 0 Å². The minimum Gasteiger partial charge on any atom is -0.507 e. The predicted molar refractivity (Wildman–Crippen MR) is 163 cm³/mol. The van der Waals surface area contributed by atoms with Crippen LogP contribution in [-0.4, -0.2) is 56.3 Å². The van der Waals surface area contributed by atoms with Crippen LogP contribution >= 0.6 is 0 Å². The van der Waals surface area contributed by atoms with Gasteiger partial charge < -0.3 is 29.9 Å². The molecule has 1 fully saturated rings. The topological polar surface area (TPSA) is 151 Å². The number of ether oxygens (including phenoxy) is 2. The van der Waals surface area contributed by atoms with Crippen LogP contribution in [0.2, 0.25) is 0 Å². The van der Waals surface area contributed by atoms with Crippen molar-refractivity contribution in [3.63, 3.8) is 0 Å². The maximum atomic E-state index is 13.7. The van der Waals surface area contributed by atoms with Crippen LogP contribution in [0.1, 0.15) is 95.0 Å². The van der Waals surface area contributed by atoms with Crippen LogP contribution in [0.4, 0.5) is 0 Å². The van der Waals surface area contributed by atoms with Gasteiger partial charge in [0.2, 0.25) is 0 Å². The van der Waals surface area contributed by atoms with Gasteiger partial charge in [0.1, 0.15) is 17.2 Å². The van der Waals surface area contributed by atoms with Gasteiger partial charge in [-0.25, -0.2) is 4.79 Å². The molecule has 9 nitrogen and oxygen atoms in total. The number of aliphatic hydroxyl groups excluding tert-OH is 1. The molecule has 0 amide bonds. The predicted octanol–water partition coefficient (Wildman–Crippen LogP) is 5.86. The molecule has 1 saturated heterocycles. The number of aryl methyl sites for hydroxylation is 1. The molecule has 1 heterocycles. The standard InChI is InChI=1S/C35H36O9/c1-4-5-6-7-8-9-10-11-28(38)44-35-19(3)43-27(17-26(35)37)20-12-13-21-29(31(20)39)34(42)24-16-22-23(14-18(2)15-25(22)36)33(41)30(24)32(21)40/h8-16,19,26-27,35-37,39,41H,4-7,17H2,1-3H3. The molecular weight excluding hydrogens is 564 g/mol. The van der Waals surface area contributed by atoms with Gasteiger partial charge in [-0.2, -0.15) is 0 Å². The monoisotopic (exact) mass is 600 g/mol. The summed E-state index contributed by atoms with van der Waals surface area (Å²) in [5.41, 5.74) is 0.157. The lowest BCUT2D eigenvalue weighted by Crippen LogP contribution is -2.46. The zero-order chi connectivity index (χ0) is 31.7. The van der Waals surface area contributed by atoms with Gasteiger partial charge >= 0.3 is 5.97 Å². The second-order valence-electron chi connectivity index (χ2n) is 11.4. The smallest absolute Gasteiger partial charge is 0.331 e. The fraction of sp³-hybridized carbons (Fsp3) is 0.343. The van der Waals surface area contributed by atoms with Gasteiger partial charge in [0.25, 0.3) is 0 Å². The Labute approximate surface area is 255 Å². The summed E-state index contributed by atoms with van der Waals surface area (Å²) >= 11 is 0. The van der Waals surface area contributed by atoms with Crippen molar-refractivity contribution in [2.75, 3.05) is 0 Å². The Morgan fingerprint density at radius 1 is 0.977 bits per heavy atom. The fourth-order valence-electron chi connectivity index (χ4n) is 6.00. The highest BCUT2D eigenvalue weighted by molar-refractivity contribution is 6.32. The Morgan fingerprint density at radius 3 is 2.43 bits per heavy atom. The third-order valence-electron chi connectivity index (χ3n) is 8.23. The van der Waals surface area contributed by atoms with Crippen molar-refractivity contribution in [3.8, 4) is 17.2 Å². The van der Waals surface area contributed by atoms with Crippen LogP contribution < -0.4 is 0 Å². The van der Waals surface area contributed by atoms with E-state index < -0.39 is 53.5 Å². The van der Waals surface area contributed by atoms with Crippen LogP contribution in [0.5, 0.6) is 17.2 Å². The van der Waals surface area contributed by atoms with Crippen molar-refractivity contribution in [3.05, 3.63) is 88.0 Å². The van der Waals surface area contributed by atoms with E-state index in [-0.39, 0.29) is 50.8 Å². The van der Waals surface area contributed by atoms with Crippen LogP contribution in [0.25, 0.3) is 10.8 Å². The highest BCUT2D eigenvalue weighted by Crippen LogP contribution is 2.45. The number of rotatable bonds is 8. The first-order valence-electron chi connectivity index (χ1n) is 14.8. The Balaban J connectivity index is 1.36. The van der Waals surface area contributed by atoms with Crippen molar-refractivity contribution in [2.24, 2.45) is 0 Å². The molecule has 0 aromatic heterocycles. The first kappa shape index (κ1) is 31.0. The van der Waals surface area contributed by atoms with Crippen molar-refractivity contribution < 1.29 is 44.3 Å². The zero-order valence-electron chi connectivity index (χ0n) is 24.9. The molecule has 3 aromatic rings. The SMILES string of the molecule is CCCCCC=CC=CC(=O)OC1C(O)CC(c2ccc3c(c2O)C(=O)c2cc4c(O)cc(C)cc4c(O)c2C3=O)OC1C. The summed E-state index contributed by atoms with van der Waals surface area (Å²) in [5.74, 6) is -3.04. The number of carbonyl (C=O) groups is 3. The van der Waals surface area contributed by atoms with Crippen molar-refractivity contribution in [1.82, 2.24) is 0 Å². The van der Waals surface area contributed by atoms with E-state index in [1.165, 1.54) is 30.3 Å². The number of aromatic hydroxyl groups is 3. The molecule has 44 heavy (non-hydrogen) atoms. The quantitative estimate of drug-likeness (QED) is 0.0844. The minimum atomic E-state index is -1.13.